The molecular weight excluding hydrogens is 242 g/mol. The van der Waals surface area contributed by atoms with Crippen LogP contribution in [0.3, 0.4) is 0 Å². The average molecular weight is 261 g/mol. The summed E-state index contributed by atoms with van der Waals surface area (Å²) in [6.07, 6.45) is 3.48. The summed E-state index contributed by atoms with van der Waals surface area (Å²) < 4.78 is 13.1. The Kier molecular flexibility index (Phi) is 4.41. The van der Waals surface area contributed by atoms with Gasteiger partial charge in [0.1, 0.15) is 11.5 Å². The maximum absolute atomic E-state index is 5.72. The molecule has 0 atom stereocenters. The lowest BCUT2D eigenvalue weighted by molar-refractivity contribution is 0.329. The Balaban J connectivity index is 2.48. The molecule has 0 fully saturated rings. The van der Waals surface area contributed by atoms with Crippen LogP contribution in [-0.4, -0.2) is 22.8 Å². The molecule has 0 amide bonds. The van der Waals surface area contributed by atoms with Gasteiger partial charge in [-0.3, -0.25) is 4.57 Å². The third-order valence-corrected chi connectivity index (χ3v) is 2.73. The summed E-state index contributed by atoms with van der Waals surface area (Å²) in [6, 6.07) is 5.75. The van der Waals surface area contributed by atoms with Gasteiger partial charge < -0.3 is 15.2 Å². The van der Waals surface area contributed by atoms with E-state index in [1.54, 1.807) is 12.5 Å². The van der Waals surface area contributed by atoms with Crippen LogP contribution in [0.1, 0.15) is 19.5 Å². The average Bonchev–Trinajstić information content (AvgIpc) is 2.89. The van der Waals surface area contributed by atoms with E-state index in [9.17, 15) is 0 Å². The molecule has 102 valence electrons. The van der Waals surface area contributed by atoms with E-state index in [1.165, 1.54) is 0 Å². The monoisotopic (exact) mass is 261 g/mol. The Labute approximate surface area is 113 Å². The lowest BCUT2D eigenvalue weighted by Gasteiger charge is -2.14. The second-order valence-corrected chi connectivity index (χ2v) is 3.95. The maximum Gasteiger partial charge on any atom is 0.143 e. The number of aromatic nitrogens is 2. The molecule has 0 spiro atoms. The SMILES string of the molecule is CCOc1ccc(OCC)c(-n2cncc2CN)c1. The Morgan fingerprint density at radius 1 is 1.21 bits per heavy atom. The fourth-order valence-electron chi connectivity index (χ4n) is 1.91. The van der Waals surface area contributed by atoms with Crippen LogP contribution < -0.4 is 15.2 Å². The van der Waals surface area contributed by atoms with Gasteiger partial charge >= 0.3 is 0 Å². The third kappa shape index (κ3) is 2.88. The molecule has 5 heteroatoms. The van der Waals surface area contributed by atoms with E-state index in [2.05, 4.69) is 4.98 Å². The van der Waals surface area contributed by atoms with E-state index in [0.717, 1.165) is 22.9 Å². The number of rotatable bonds is 6. The molecule has 5 nitrogen and oxygen atoms in total. The lowest BCUT2D eigenvalue weighted by atomic mass is 10.2. The Hall–Kier alpha value is -2.01. The van der Waals surface area contributed by atoms with Crippen LogP contribution in [0.4, 0.5) is 0 Å². The smallest absolute Gasteiger partial charge is 0.143 e. The molecule has 0 aliphatic heterocycles. The van der Waals surface area contributed by atoms with Gasteiger partial charge in [-0.05, 0) is 26.0 Å². The largest absolute Gasteiger partial charge is 0.494 e. The number of ether oxygens (including phenoxy) is 2. The fraction of sp³-hybridized carbons (Fsp3) is 0.357. The minimum absolute atomic E-state index is 0.421. The van der Waals surface area contributed by atoms with Crippen LogP contribution in [0.2, 0.25) is 0 Å². The van der Waals surface area contributed by atoms with Crippen molar-refractivity contribution in [3.05, 3.63) is 36.4 Å². The molecule has 19 heavy (non-hydrogen) atoms. The van der Waals surface area contributed by atoms with Gasteiger partial charge in [-0.1, -0.05) is 0 Å². The number of nitrogens with two attached hydrogens (primary N) is 1. The maximum atomic E-state index is 5.72. The molecular formula is C14H19N3O2. The van der Waals surface area contributed by atoms with Crippen LogP contribution in [0, 0.1) is 0 Å². The van der Waals surface area contributed by atoms with E-state index in [-0.39, 0.29) is 0 Å². The summed E-state index contributed by atoms with van der Waals surface area (Å²) >= 11 is 0. The quantitative estimate of drug-likeness (QED) is 0.865. The van der Waals surface area contributed by atoms with Gasteiger partial charge in [-0.15, -0.1) is 0 Å². The number of nitrogens with zero attached hydrogens (tertiary/aromatic N) is 2. The second-order valence-electron chi connectivity index (χ2n) is 3.95. The number of hydrogen-bond donors (Lipinski definition) is 1. The molecule has 2 rings (SSSR count). The van der Waals surface area contributed by atoms with Crippen molar-refractivity contribution in [3.8, 4) is 17.2 Å². The first kappa shape index (κ1) is 13.4. The summed E-state index contributed by atoms with van der Waals surface area (Å²) in [5.41, 5.74) is 7.54. The molecule has 0 aliphatic carbocycles. The van der Waals surface area contributed by atoms with Crippen LogP contribution in [0.25, 0.3) is 5.69 Å². The Morgan fingerprint density at radius 3 is 2.68 bits per heavy atom. The Morgan fingerprint density at radius 2 is 2.00 bits per heavy atom. The van der Waals surface area contributed by atoms with Crippen molar-refractivity contribution < 1.29 is 9.47 Å². The first-order chi connectivity index (χ1) is 9.30. The molecule has 2 N–H and O–H groups in total. The highest BCUT2D eigenvalue weighted by Crippen LogP contribution is 2.28. The summed E-state index contributed by atoms with van der Waals surface area (Å²) in [5, 5.41) is 0. The molecule has 0 radical (unpaired) electrons. The molecule has 0 bridgehead atoms. The predicted octanol–water partition coefficient (Wildman–Crippen LogP) is 2.13. The zero-order valence-corrected chi connectivity index (χ0v) is 11.3. The van der Waals surface area contributed by atoms with E-state index in [1.807, 2.05) is 36.6 Å². The zero-order valence-electron chi connectivity index (χ0n) is 11.3. The van der Waals surface area contributed by atoms with Crippen molar-refractivity contribution in [1.29, 1.82) is 0 Å². The second kappa shape index (κ2) is 6.24. The van der Waals surface area contributed by atoms with Gasteiger partial charge in [0.25, 0.3) is 0 Å². The molecule has 0 unspecified atom stereocenters. The molecule has 2 aromatic rings. The molecule has 1 aromatic carbocycles. The van der Waals surface area contributed by atoms with Crippen LogP contribution in [0.5, 0.6) is 11.5 Å². The summed E-state index contributed by atoms with van der Waals surface area (Å²) in [4.78, 5) is 4.13. The summed E-state index contributed by atoms with van der Waals surface area (Å²) in [7, 11) is 0. The lowest BCUT2D eigenvalue weighted by Crippen LogP contribution is -2.07. The van der Waals surface area contributed by atoms with E-state index in [0.29, 0.717) is 19.8 Å². The van der Waals surface area contributed by atoms with Crippen molar-refractivity contribution in [2.45, 2.75) is 20.4 Å². The van der Waals surface area contributed by atoms with Gasteiger partial charge in [-0.2, -0.15) is 0 Å². The van der Waals surface area contributed by atoms with E-state index < -0.39 is 0 Å². The highest BCUT2D eigenvalue weighted by atomic mass is 16.5. The number of hydrogen-bond acceptors (Lipinski definition) is 4. The molecule has 0 saturated heterocycles. The van der Waals surface area contributed by atoms with Crippen LogP contribution in [0.15, 0.2) is 30.7 Å². The number of benzene rings is 1. The molecule has 1 aromatic heterocycles. The van der Waals surface area contributed by atoms with Crippen molar-refractivity contribution in [2.75, 3.05) is 13.2 Å². The third-order valence-electron chi connectivity index (χ3n) is 2.73. The zero-order chi connectivity index (χ0) is 13.7. The van der Waals surface area contributed by atoms with Crippen molar-refractivity contribution in [2.24, 2.45) is 5.73 Å². The summed E-state index contributed by atoms with van der Waals surface area (Å²) in [5.74, 6) is 1.59. The minimum atomic E-state index is 0.421. The van der Waals surface area contributed by atoms with Crippen LogP contribution in [-0.2, 0) is 6.54 Å². The fourth-order valence-corrected chi connectivity index (χ4v) is 1.91. The van der Waals surface area contributed by atoms with Crippen LogP contribution >= 0.6 is 0 Å². The van der Waals surface area contributed by atoms with Gasteiger partial charge in [0.05, 0.1) is 30.9 Å². The van der Waals surface area contributed by atoms with Crippen molar-refractivity contribution in [1.82, 2.24) is 9.55 Å². The van der Waals surface area contributed by atoms with Gasteiger partial charge in [-0.25, -0.2) is 4.98 Å². The van der Waals surface area contributed by atoms with Gasteiger partial charge in [0, 0.05) is 18.8 Å². The molecule has 0 aliphatic rings. The first-order valence-electron chi connectivity index (χ1n) is 6.41. The minimum Gasteiger partial charge on any atom is -0.494 e. The molecule has 1 heterocycles. The van der Waals surface area contributed by atoms with Gasteiger partial charge in [0.2, 0.25) is 0 Å². The normalized spacial score (nSPS) is 10.5. The highest BCUT2D eigenvalue weighted by Gasteiger charge is 2.10. The van der Waals surface area contributed by atoms with E-state index >= 15 is 0 Å². The van der Waals surface area contributed by atoms with Gasteiger partial charge in [0.15, 0.2) is 0 Å². The van der Waals surface area contributed by atoms with E-state index in [4.69, 9.17) is 15.2 Å². The standard InChI is InChI=1S/C14H19N3O2/c1-3-18-12-5-6-14(19-4-2)13(7-12)17-10-16-9-11(17)8-15/h5-7,9-10H,3-4,8,15H2,1-2H3. The van der Waals surface area contributed by atoms with Crippen molar-refractivity contribution >= 4 is 0 Å². The predicted molar refractivity (Wildman–Crippen MR) is 73.8 cm³/mol. The number of imidazole rings is 1. The first-order valence-corrected chi connectivity index (χ1v) is 6.41. The molecule has 0 saturated carbocycles. The Bertz CT molecular complexity index is 537. The topological polar surface area (TPSA) is 62.3 Å². The van der Waals surface area contributed by atoms with Crippen molar-refractivity contribution in [3.63, 3.8) is 0 Å². The highest BCUT2D eigenvalue weighted by molar-refractivity contribution is 5.52. The summed E-state index contributed by atoms with van der Waals surface area (Å²) in [6.45, 7) is 5.57.